The summed E-state index contributed by atoms with van der Waals surface area (Å²) in [6.07, 6.45) is 2.59. The van der Waals surface area contributed by atoms with E-state index in [1.807, 2.05) is 6.08 Å². The zero-order valence-electron chi connectivity index (χ0n) is 6.16. The quantitative estimate of drug-likeness (QED) is 0.510. The summed E-state index contributed by atoms with van der Waals surface area (Å²) in [5.41, 5.74) is 0.626. The fourth-order valence-electron chi connectivity index (χ4n) is 0.915. The van der Waals surface area contributed by atoms with Crippen LogP contribution < -0.4 is 0 Å². The van der Waals surface area contributed by atoms with E-state index >= 15 is 0 Å². The van der Waals surface area contributed by atoms with Gasteiger partial charge in [0.2, 0.25) is 0 Å². The molecule has 10 heavy (non-hydrogen) atoms. The molecule has 0 bridgehead atoms. The number of carbonyl (C=O) groups excluding carboxylic acids is 1. The molecule has 1 rings (SSSR count). The van der Waals surface area contributed by atoms with Gasteiger partial charge in [-0.3, -0.25) is 10.0 Å². The second kappa shape index (κ2) is 2.42. The zero-order valence-corrected chi connectivity index (χ0v) is 6.16. The summed E-state index contributed by atoms with van der Waals surface area (Å²) in [4.78, 5) is 10.9. The van der Waals surface area contributed by atoms with Crippen molar-refractivity contribution < 1.29 is 10.0 Å². The predicted octanol–water partition coefficient (Wildman–Crippen LogP) is 0.943. The van der Waals surface area contributed by atoms with Crippen molar-refractivity contribution in [2.24, 2.45) is 0 Å². The number of hydroxylamine groups is 2. The molecule has 0 aliphatic carbocycles. The molecule has 1 amide bonds. The Labute approximate surface area is 59.9 Å². The van der Waals surface area contributed by atoms with Gasteiger partial charge in [0.25, 0.3) is 5.91 Å². The second-order valence-electron chi connectivity index (χ2n) is 2.62. The van der Waals surface area contributed by atoms with Gasteiger partial charge in [-0.05, 0) is 20.3 Å². The van der Waals surface area contributed by atoms with Crippen LogP contribution in [0.1, 0.15) is 20.3 Å². The molecule has 1 unspecified atom stereocenters. The lowest BCUT2D eigenvalue weighted by atomic mass is 10.1. The van der Waals surface area contributed by atoms with Crippen LogP contribution in [0.25, 0.3) is 0 Å². The Balaban J connectivity index is 2.81. The fraction of sp³-hybridized carbons (Fsp3) is 0.571. The van der Waals surface area contributed by atoms with Gasteiger partial charge in [0.05, 0.1) is 6.04 Å². The van der Waals surface area contributed by atoms with Crippen LogP contribution in [0.2, 0.25) is 0 Å². The topological polar surface area (TPSA) is 40.5 Å². The molecule has 0 fully saturated rings. The highest BCUT2D eigenvalue weighted by atomic mass is 16.5. The Morgan fingerprint density at radius 3 is 2.90 bits per heavy atom. The van der Waals surface area contributed by atoms with E-state index in [2.05, 4.69) is 0 Å². The summed E-state index contributed by atoms with van der Waals surface area (Å²) in [5.74, 6) is -0.279. The van der Waals surface area contributed by atoms with Crippen LogP contribution in [-0.2, 0) is 4.79 Å². The molecule has 1 heterocycles. The van der Waals surface area contributed by atoms with Gasteiger partial charge in [-0.1, -0.05) is 6.08 Å². The van der Waals surface area contributed by atoms with Crippen LogP contribution in [-0.4, -0.2) is 22.2 Å². The zero-order chi connectivity index (χ0) is 7.72. The molecule has 0 aromatic heterocycles. The van der Waals surface area contributed by atoms with Crippen molar-refractivity contribution in [1.82, 2.24) is 5.06 Å². The minimum atomic E-state index is -0.279. The van der Waals surface area contributed by atoms with Crippen LogP contribution in [0, 0.1) is 0 Å². The van der Waals surface area contributed by atoms with Crippen LogP contribution in [0.3, 0.4) is 0 Å². The number of nitrogens with zero attached hydrogens (tertiary/aromatic N) is 1. The van der Waals surface area contributed by atoms with Gasteiger partial charge >= 0.3 is 0 Å². The van der Waals surface area contributed by atoms with Gasteiger partial charge in [-0.2, -0.15) is 0 Å². The Hall–Kier alpha value is -0.830. The molecule has 0 aromatic carbocycles. The number of hydrogen-bond acceptors (Lipinski definition) is 2. The maximum atomic E-state index is 10.9. The van der Waals surface area contributed by atoms with Gasteiger partial charge in [0, 0.05) is 5.57 Å². The summed E-state index contributed by atoms with van der Waals surface area (Å²) in [6, 6.07) is -0.0730. The molecule has 1 aliphatic heterocycles. The van der Waals surface area contributed by atoms with Gasteiger partial charge in [0.15, 0.2) is 0 Å². The third-order valence-electron chi connectivity index (χ3n) is 1.73. The normalized spacial score (nSPS) is 26.7. The SMILES string of the molecule is CC1=CCC(C)N(O)C1=O. The average molecular weight is 141 g/mol. The van der Waals surface area contributed by atoms with E-state index in [0.29, 0.717) is 5.57 Å². The summed E-state index contributed by atoms with van der Waals surface area (Å²) in [6.45, 7) is 3.51. The Bertz CT molecular complexity index is 186. The first-order chi connectivity index (χ1) is 4.63. The minimum absolute atomic E-state index is 0.0730. The molecule has 1 N–H and O–H groups in total. The molecule has 3 heteroatoms. The third-order valence-corrected chi connectivity index (χ3v) is 1.73. The van der Waals surface area contributed by atoms with Gasteiger partial charge < -0.3 is 0 Å². The molecular weight excluding hydrogens is 130 g/mol. The van der Waals surface area contributed by atoms with Crippen molar-refractivity contribution in [2.75, 3.05) is 0 Å². The Kier molecular flexibility index (Phi) is 1.76. The minimum Gasteiger partial charge on any atom is -0.285 e. The van der Waals surface area contributed by atoms with Crippen molar-refractivity contribution in [3.05, 3.63) is 11.6 Å². The molecule has 0 spiro atoms. The fourth-order valence-corrected chi connectivity index (χ4v) is 0.915. The molecule has 0 aromatic rings. The number of rotatable bonds is 0. The third kappa shape index (κ3) is 1.04. The summed E-state index contributed by atoms with van der Waals surface area (Å²) in [7, 11) is 0. The summed E-state index contributed by atoms with van der Waals surface area (Å²) >= 11 is 0. The van der Waals surface area contributed by atoms with Crippen molar-refractivity contribution in [2.45, 2.75) is 26.3 Å². The Morgan fingerprint density at radius 2 is 2.40 bits per heavy atom. The van der Waals surface area contributed by atoms with Crippen LogP contribution in [0.15, 0.2) is 11.6 Å². The summed E-state index contributed by atoms with van der Waals surface area (Å²) < 4.78 is 0. The smallest absolute Gasteiger partial charge is 0.272 e. The molecule has 0 saturated carbocycles. The lowest BCUT2D eigenvalue weighted by Crippen LogP contribution is -2.38. The van der Waals surface area contributed by atoms with E-state index in [4.69, 9.17) is 5.21 Å². The van der Waals surface area contributed by atoms with Crippen LogP contribution in [0.5, 0.6) is 0 Å². The van der Waals surface area contributed by atoms with E-state index in [0.717, 1.165) is 11.5 Å². The lowest BCUT2D eigenvalue weighted by Gasteiger charge is -2.25. The molecule has 1 atom stereocenters. The molecule has 0 radical (unpaired) electrons. The van der Waals surface area contributed by atoms with E-state index in [-0.39, 0.29) is 11.9 Å². The highest BCUT2D eigenvalue weighted by molar-refractivity contribution is 5.92. The van der Waals surface area contributed by atoms with E-state index < -0.39 is 0 Å². The van der Waals surface area contributed by atoms with E-state index in [1.54, 1.807) is 13.8 Å². The first-order valence-electron chi connectivity index (χ1n) is 3.32. The molecular formula is C7H11NO2. The number of carbonyl (C=O) groups is 1. The maximum absolute atomic E-state index is 10.9. The van der Waals surface area contributed by atoms with Crippen molar-refractivity contribution in [3.8, 4) is 0 Å². The van der Waals surface area contributed by atoms with Crippen LogP contribution in [0.4, 0.5) is 0 Å². The Morgan fingerprint density at radius 1 is 1.80 bits per heavy atom. The van der Waals surface area contributed by atoms with Gasteiger partial charge in [-0.15, -0.1) is 0 Å². The lowest BCUT2D eigenvalue weighted by molar-refractivity contribution is -0.170. The van der Waals surface area contributed by atoms with Crippen LogP contribution >= 0.6 is 0 Å². The standard InChI is InChI=1S/C7H11NO2/c1-5-3-4-6(2)8(10)7(5)9/h3,6,10H,4H2,1-2H3. The highest BCUT2D eigenvalue weighted by Crippen LogP contribution is 2.14. The van der Waals surface area contributed by atoms with Gasteiger partial charge in [-0.25, -0.2) is 5.06 Å². The average Bonchev–Trinajstić information content (AvgIpc) is 1.93. The predicted molar refractivity (Wildman–Crippen MR) is 36.5 cm³/mol. The van der Waals surface area contributed by atoms with Gasteiger partial charge in [0.1, 0.15) is 0 Å². The highest BCUT2D eigenvalue weighted by Gasteiger charge is 2.22. The molecule has 0 saturated heterocycles. The first kappa shape index (κ1) is 7.28. The molecule has 1 aliphatic rings. The summed E-state index contributed by atoms with van der Waals surface area (Å²) in [5, 5.41) is 9.85. The molecule has 56 valence electrons. The van der Waals surface area contributed by atoms with Crippen molar-refractivity contribution >= 4 is 5.91 Å². The number of hydrogen-bond donors (Lipinski definition) is 1. The van der Waals surface area contributed by atoms with E-state index in [9.17, 15) is 4.79 Å². The molecule has 3 nitrogen and oxygen atoms in total. The maximum Gasteiger partial charge on any atom is 0.272 e. The number of amides is 1. The second-order valence-corrected chi connectivity index (χ2v) is 2.62. The van der Waals surface area contributed by atoms with E-state index in [1.165, 1.54) is 0 Å². The van der Waals surface area contributed by atoms with Crippen molar-refractivity contribution in [3.63, 3.8) is 0 Å². The first-order valence-corrected chi connectivity index (χ1v) is 3.32. The van der Waals surface area contributed by atoms with Crippen molar-refractivity contribution in [1.29, 1.82) is 0 Å². The monoisotopic (exact) mass is 141 g/mol. The largest absolute Gasteiger partial charge is 0.285 e.